The van der Waals surface area contributed by atoms with Gasteiger partial charge in [-0.05, 0) is 42.9 Å². The average Bonchev–Trinajstić information content (AvgIpc) is 2.99. The van der Waals surface area contributed by atoms with Crippen LogP contribution in [0, 0.1) is 5.92 Å². The maximum Gasteiger partial charge on any atom is 0.262 e. The zero-order chi connectivity index (χ0) is 19.1. The second-order valence-electron chi connectivity index (χ2n) is 6.86. The molecule has 140 valence electrons. The van der Waals surface area contributed by atoms with Crippen molar-refractivity contribution in [1.29, 1.82) is 0 Å². The van der Waals surface area contributed by atoms with Crippen molar-refractivity contribution in [2.75, 3.05) is 5.32 Å². The van der Waals surface area contributed by atoms with Gasteiger partial charge in [0.25, 0.3) is 5.56 Å². The Bertz CT molecular complexity index is 1110. The largest absolute Gasteiger partial charge is 0.323 e. The van der Waals surface area contributed by atoms with Crippen LogP contribution >= 0.6 is 34.5 Å². The van der Waals surface area contributed by atoms with Crippen LogP contribution in [0.5, 0.6) is 0 Å². The minimum absolute atomic E-state index is 0.133. The number of aryl methyl sites for hydroxylation is 1. The molecular formula is C19H17Cl2N3O2S. The summed E-state index contributed by atoms with van der Waals surface area (Å²) >= 11 is 13.7. The van der Waals surface area contributed by atoms with Gasteiger partial charge < -0.3 is 5.32 Å². The fraction of sp³-hybridized carbons (Fsp3) is 0.316. The Kier molecular flexibility index (Phi) is 4.97. The first-order valence-corrected chi connectivity index (χ1v) is 10.2. The van der Waals surface area contributed by atoms with Crippen LogP contribution in [0.1, 0.15) is 23.8 Å². The van der Waals surface area contributed by atoms with Crippen LogP contribution in [0.4, 0.5) is 5.69 Å². The van der Waals surface area contributed by atoms with E-state index >= 15 is 0 Å². The summed E-state index contributed by atoms with van der Waals surface area (Å²) in [5, 5.41) is 3.99. The molecular weight excluding hydrogens is 405 g/mol. The van der Waals surface area contributed by atoms with Gasteiger partial charge in [-0.3, -0.25) is 14.2 Å². The van der Waals surface area contributed by atoms with Crippen molar-refractivity contribution in [3.8, 4) is 0 Å². The lowest BCUT2D eigenvalue weighted by atomic mass is 9.89. The molecule has 5 nitrogen and oxygen atoms in total. The van der Waals surface area contributed by atoms with E-state index in [0.29, 0.717) is 22.0 Å². The summed E-state index contributed by atoms with van der Waals surface area (Å²) in [5.74, 6) is 0.265. The molecule has 1 aliphatic carbocycles. The topological polar surface area (TPSA) is 64.0 Å². The van der Waals surface area contributed by atoms with Gasteiger partial charge in [0.2, 0.25) is 5.91 Å². The number of aromatic nitrogens is 2. The van der Waals surface area contributed by atoms with Crippen molar-refractivity contribution in [3.05, 3.63) is 55.4 Å². The second-order valence-corrected chi connectivity index (χ2v) is 8.73. The summed E-state index contributed by atoms with van der Waals surface area (Å²) in [5.41, 5.74) is 1.36. The SMILES string of the molecule is CC1CCc2c(sc3ncn(CC(=O)Nc4cccc(Cl)c4Cl)c(=O)c23)C1. The number of carbonyl (C=O) groups is 1. The Morgan fingerprint density at radius 3 is 3.04 bits per heavy atom. The lowest BCUT2D eigenvalue weighted by Crippen LogP contribution is -2.28. The fourth-order valence-electron chi connectivity index (χ4n) is 3.42. The highest BCUT2D eigenvalue weighted by molar-refractivity contribution is 7.18. The predicted octanol–water partition coefficient (Wildman–Crippen LogP) is 4.53. The molecule has 2 heterocycles. The molecule has 0 saturated carbocycles. The van der Waals surface area contributed by atoms with Gasteiger partial charge in [-0.1, -0.05) is 36.2 Å². The molecule has 1 amide bonds. The zero-order valence-corrected chi connectivity index (χ0v) is 16.9. The minimum Gasteiger partial charge on any atom is -0.323 e. The molecule has 0 radical (unpaired) electrons. The van der Waals surface area contributed by atoms with Crippen LogP contribution in [0.15, 0.2) is 29.3 Å². The van der Waals surface area contributed by atoms with E-state index in [1.54, 1.807) is 29.5 Å². The van der Waals surface area contributed by atoms with Crippen molar-refractivity contribution in [2.45, 2.75) is 32.7 Å². The summed E-state index contributed by atoms with van der Waals surface area (Å²) in [6, 6.07) is 5.00. The molecule has 0 saturated heterocycles. The fourth-order valence-corrected chi connectivity index (χ4v) is 5.11. The highest BCUT2D eigenvalue weighted by Gasteiger charge is 2.23. The van der Waals surface area contributed by atoms with Crippen molar-refractivity contribution in [1.82, 2.24) is 9.55 Å². The molecule has 1 aliphatic rings. The highest BCUT2D eigenvalue weighted by atomic mass is 35.5. The maximum atomic E-state index is 13.0. The van der Waals surface area contributed by atoms with E-state index in [4.69, 9.17) is 23.2 Å². The van der Waals surface area contributed by atoms with Crippen LogP contribution in [-0.4, -0.2) is 15.5 Å². The number of anilines is 1. The van der Waals surface area contributed by atoms with Gasteiger partial charge in [-0.2, -0.15) is 0 Å². The van der Waals surface area contributed by atoms with Crippen LogP contribution in [-0.2, 0) is 24.2 Å². The third-order valence-corrected chi connectivity index (χ3v) is 6.80. The molecule has 27 heavy (non-hydrogen) atoms. The number of carbonyl (C=O) groups excluding carboxylic acids is 1. The normalized spacial score (nSPS) is 16.3. The number of hydrogen-bond acceptors (Lipinski definition) is 4. The Hall–Kier alpha value is -1.89. The first kappa shape index (κ1) is 18.5. The third kappa shape index (κ3) is 3.49. The summed E-state index contributed by atoms with van der Waals surface area (Å²) < 4.78 is 1.35. The summed E-state index contributed by atoms with van der Waals surface area (Å²) in [4.78, 5) is 31.8. The number of rotatable bonds is 3. The molecule has 0 aliphatic heterocycles. The molecule has 2 aromatic heterocycles. The summed E-state index contributed by atoms with van der Waals surface area (Å²) in [6.45, 7) is 2.09. The minimum atomic E-state index is -0.361. The lowest BCUT2D eigenvalue weighted by Gasteiger charge is -2.17. The van der Waals surface area contributed by atoms with E-state index in [1.165, 1.54) is 15.8 Å². The van der Waals surface area contributed by atoms with Gasteiger partial charge >= 0.3 is 0 Å². The Balaban J connectivity index is 1.62. The molecule has 4 rings (SSSR count). The first-order chi connectivity index (χ1) is 12.9. The molecule has 1 N–H and O–H groups in total. The number of hydrogen-bond donors (Lipinski definition) is 1. The number of nitrogens with one attached hydrogen (secondary N) is 1. The second kappa shape index (κ2) is 7.26. The standard InChI is InChI=1S/C19H17Cl2N3O2S/c1-10-5-6-11-14(7-10)27-18-16(11)19(26)24(9-22-18)8-15(25)23-13-4-2-3-12(20)17(13)21/h2-4,9-10H,5-8H2,1H3,(H,23,25). The molecule has 0 bridgehead atoms. The lowest BCUT2D eigenvalue weighted by molar-refractivity contribution is -0.116. The molecule has 1 unspecified atom stereocenters. The van der Waals surface area contributed by atoms with Crippen LogP contribution in [0.3, 0.4) is 0 Å². The van der Waals surface area contributed by atoms with Crippen LogP contribution < -0.4 is 10.9 Å². The van der Waals surface area contributed by atoms with Gasteiger partial charge in [0.15, 0.2) is 0 Å². The molecule has 1 aromatic carbocycles. The Morgan fingerprint density at radius 1 is 1.41 bits per heavy atom. The summed E-state index contributed by atoms with van der Waals surface area (Å²) in [6.07, 6.45) is 4.39. The van der Waals surface area contributed by atoms with Crippen molar-refractivity contribution < 1.29 is 4.79 Å². The maximum absolute atomic E-state index is 13.0. The van der Waals surface area contributed by atoms with E-state index in [2.05, 4.69) is 17.2 Å². The van der Waals surface area contributed by atoms with Gasteiger partial charge in [-0.25, -0.2) is 4.98 Å². The van der Waals surface area contributed by atoms with Crippen molar-refractivity contribution in [3.63, 3.8) is 0 Å². The molecule has 0 fully saturated rings. The quantitative estimate of drug-likeness (QED) is 0.675. The van der Waals surface area contributed by atoms with Crippen LogP contribution in [0.2, 0.25) is 10.0 Å². The average molecular weight is 422 g/mol. The van der Waals surface area contributed by atoms with Gasteiger partial charge in [0.1, 0.15) is 11.4 Å². The number of nitrogens with zero attached hydrogens (tertiary/aromatic N) is 2. The number of halogens is 2. The monoisotopic (exact) mass is 421 g/mol. The Morgan fingerprint density at radius 2 is 2.22 bits per heavy atom. The van der Waals surface area contributed by atoms with Gasteiger partial charge in [0.05, 0.1) is 27.4 Å². The molecule has 1 atom stereocenters. The molecule has 0 spiro atoms. The van der Waals surface area contributed by atoms with E-state index < -0.39 is 0 Å². The molecule has 3 aromatic rings. The van der Waals surface area contributed by atoms with Crippen molar-refractivity contribution in [2.24, 2.45) is 5.92 Å². The summed E-state index contributed by atoms with van der Waals surface area (Å²) in [7, 11) is 0. The number of benzene rings is 1. The predicted molar refractivity (Wildman–Crippen MR) is 110 cm³/mol. The number of thiophene rings is 1. The Labute approximate surface area is 169 Å². The van der Waals surface area contributed by atoms with E-state index in [9.17, 15) is 9.59 Å². The van der Waals surface area contributed by atoms with E-state index in [-0.39, 0.29) is 23.0 Å². The van der Waals surface area contributed by atoms with Gasteiger partial charge in [0, 0.05) is 4.88 Å². The smallest absolute Gasteiger partial charge is 0.262 e. The van der Waals surface area contributed by atoms with E-state index in [0.717, 1.165) is 29.7 Å². The molecule has 8 heteroatoms. The van der Waals surface area contributed by atoms with Gasteiger partial charge in [-0.15, -0.1) is 11.3 Å². The number of amides is 1. The third-order valence-electron chi connectivity index (χ3n) is 4.82. The first-order valence-electron chi connectivity index (χ1n) is 8.67. The highest BCUT2D eigenvalue weighted by Crippen LogP contribution is 2.35. The van der Waals surface area contributed by atoms with E-state index in [1.807, 2.05) is 0 Å². The van der Waals surface area contributed by atoms with Crippen molar-refractivity contribution >= 4 is 56.3 Å². The zero-order valence-electron chi connectivity index (χ0n) is 14.6. The van der Waals surface area contributed by atoms with Crippen LogP contribution in [0.25, 0.3) is 10.2 Å². The number of fused-ring (bicyclic) bond motifs is 3.